The number of pyridine rings is 1. The lowest BCUT2D eigenvalue weighted by Crippen LogP contribution is -2.32. The van der Waals surface area contributed by atoms with Crippen molar-refractivity contribution in [2.75, 3.05) is 12.3 Å². The first-order valence-electron chi connectivity index (χ1n) is 9.15. The van der Waals surface area contributed by atoms with Crippen molar-refractivity contribution in [3.8, 4) is 22.6 Å². The molecule has 9 nitrogen and oxygen atoms in total. The third kappa shape index (κ3) is 3.55. The number of nitrogen functional groups attached to an aromatic ring is 1. The maximum absolute atomic E-state index is 12.5. The predicted octanol–water partition coefficient (Wildman–Crippen LogP) is 1.79. The van der Waals surface area contributed by atoms with E-state index in [2.05, 4.69) is 25.3 Å². The van der Waals surface area contributed by atoms with Gasteiger partial charge in [0.2, 0.25) is 0 Å². The lowest BCUT2D eigenvalue weighted by molar-refractivity contribution is 0.0920. The first-order valence-corrected chi connectivity index (χ1v) is 9.15. The van der Waals surface area contributed by atoms with Crippen molar-refractivity contribution in [2.45, 2.75) is 20.0 Å². The van der Waals surface area contributed by atoms with Gasteiger partial charge in [0.15, 0.2) is 11.5 Å². The number of anilines is 1. The molecule has 0 radical (unpaired) electrons. The van der Waals surface area contributed by atoms with Crippen molar-refractivity contribution < 1.29 is 9.90 Å². The molecular formula is C20H21N7O2. The van der Waals surface area contributed by atoms with E-state index in [1.807, 2.05) is 41.8 Å². The molecule has 5 N–H and O–H groups in total. The zero-order valence-electron chi connectivity index (χ0n) is 16.0. The lowest BCUT2D eigenvalue weighted by Gasteiger charge is -2.13. The Morgan fingerprint density at radius 1 is 1.31 bits per heavy atom. The van der Waals surface area contributed by atoms with Gasteiger partial charge >= 0.3 is 0 Å². The molecule has 0 aliphatic carbocycles. The van der Waals surface area contributed by atoms with Gasteiger partial charge in [-0.3, -0.25) is 4.79 Å². The molecule has 1 unspecified atom stereocenters. The van der Waals surface area contributed by atoms with Crippen LogP contribution in [0, 0.1) is 6.92 Å². The van der Waals surface area contributed by atoms with Gasteiger partial charge in [-0.15, -0.1) is 0 Å². The van der Waals surface area contributed by atoms with Crippen LogP contribution in [0.15, 0.2) is 42.9 Å². The van der Waals surface area contributed by atoms with Crippen LogP contribution < -0.4 is 11.1 Å². The summed E-state index contributed by atoms with van der Waals surface area (Å²) in [6, 6.07) is 7.47. The molecule has 148 valence electrons. The molecule has 1 amide bonds. The molecule has 0 saturated carbocycles. The summed E-state index contributed by atoms with van der Waals surface area (Å²) in [5, 5.41) is 12.0. The van der Waals surface area contributed by atoms with E-state index >= 15 is 0 Å². The minimum absolute atomic E-state index is 0.0124. The Bertz CT molecular complexity index is 1180. The van der Waals surface area contributed by atoms with Crippen LogP contribution in [0.4, 0.5) is 5.82 Å². The number of rotatable bonds is 5. The zero-order valence-corrected chi connectivity index (χ0v) is 16.0. The second-order valence-electron chi connectivity index (χ2n) is 6.84. The van der Waals surface area contributed by atoms with Gasteiger partial charge in [0, 0.05) is 36.4 Å². The number of nitrogens with one attached hydrogen (secondary N) is 2. The van der Waals surface area contributed by atoms with Crippen LogP contribution in [-0.2, 0) is 0 Å². The predicted molar refractivity (Wildman–Crippen MR) is 109 cm³/mol. The smallest absolute Gasteiger partial charge is 0.273 e. The minimum Gasteiger partial charge on any atom is -0.392 e. The number of imidazole rings is 1. The number of aromatic nitrogens is 5. The van der Waals surface area contributed by atoms with Crippen molar-refractivity contribution in [2.24, 2.45) is 0 Å². The summed E-state index contributed by atoms with van der Waals surface area (Å²) in [6.07, 6.45) is 4.79. The Kier molecular flexibility index (Phi) is 4.73. The number of nitrogens with two attached hydrogens (primary N) is 1. The first kappa shape index (κ1) is 18.6. The molecule has 4 heterocycles. The monoisotopic (exact) mass is 391 g/mol. The third-order valence-corrected chi connectivity index (χ3v) is 4.51. The van der Waals surface area contributed by atoms with E-state index in [-0.39, 0.29) is 18.1 Å². The molecule has 1 atom stereocenters. The Hall–Kier alpha value is -3.72. The first-order chi connectivity index (χ1) is 13.9. The standard InChI is InChI=1S/C20H21N7O2/c1-11-8-23-15-6-5-13(10-27(11)15)16-17(14-4-3-7-22-14)26-19(21)18(25-16)20(29)24-9-12(2)28/h3-8,10,12,22,28H,9H2,1-2H3,(H2,21,26)(H,24,29). The van der Waals surface area contributed by atoms with Crippen molar-refractivity contribution in [3.05, 3.63) is 54.2 Å². The summed E-state index contributed by atoms with van der Waals surface area (Å²) in [5.41, 5.74) is 10.4. The molecule has 29 heavy (non-hydrogen) atoms. The van der Waals surface area contributed by atoms with Gasteiger partial charge in [0.1, 0.15) is 17.0 Å². The number of fused-ring (bicyclic) bond motifs is 1. The number of hydrogen-bond donors (Lipinski definition) is 4. The van der Waals surface area contributed by atoms with E-state index in [0.717, 1.165) is 22.6 Å². The fourth-order valence-corrected chi connectivity index (χ4v) is 3.05. The summed E-state index contributed by atoms with van der Waals surface area (Å²) in [4.78, 5) is 29.0. The largest absolute Gasteiger partial charge is 0.392 e. The van der Waals surface area contributed by atoms with E-state index in [1.54, 1.807) is 19.3 Å². The van der Waals surface area contributed by atoms with E-state index in [0.29, 0.717) is 11.4 Å². The van der Waals surface area contributed by atoms with Gasteiger partial charge < -0.3 is 25.5 Å². The zero-order chi connectivity index (χ0) is 20.5. The number of aliphatic hydroxyl groups excluding tert-OH is 1. The number of aromatic amines is 1. The Morgan fingerprint density at radius 2 is 2.14 bits per heavy atom. The number of aryl methyl sites for hydroxylation is 1. The maximum atomic E-state index is 12.5. The molecule has 0 bridgehead atoms. The van der Waals surface area contributed by atoms with Crippen LogP contribution in [0.1, 0.15) is 23.1 Å². The van der Waals surface area contributed by atoms with Gasteiger partial charge in [0.05, 0.1) is 11.8 Å². The number of carbonyl (C=O) groups excluding carboxylic acids is 1. The molecule has 0 aromatic carbocycles. The quantitative estimate of drug-likeness (QED) is 0.410. The molecule has 4 rings (SSSR count). The summed E-state index contributed by atoms with van der Waals surface area (Å²) in [5.74, 6) is -0.476. The molecule has 4 aromatic rings. The molecule has 4 aromatic heterocycles. The fraction of sp³-hybridized carbons (Fsp3) is 0.200. The van der Waals surface area contributed by atoms with Crippen molar-refractivity contribution in [3.63, 3.8) is 0 Å². The second kappa shape index (κ2) is 7.36. The van der Waals surface area contributed by atoms with Crippen molar-refractivity contribution in [1.82, 2.24) is 29.7 Å². The maximum Gasteiger partial charge on any atom is 0.273 e. The summed E-state index contributed by atoms with van der Waals surface area (Å²) < 4.78 is 1.94. The molecule has 0 aliphatic heterocycles. The third-order valence-electron chi connectivity index (χ3n) is 4.51. The molecule has 9 heteroatoms. The van der Waals surface area contributed by atoms with Crippen LogP contribution in [-0.4, -0.2) is 48.0 Å². The highest BCUT2D eigenvalue weighted by atomic mass is 16.3. The summed E-state index contributed by atoms with van der Waals surface area (Å²) >= 11 is 0. The minimum atomic E-state index is -0.683. The number of H-pyrrole nitrogens is 1. The van der Waals surface area contributed by atoms with E-state index in [9.17, 15) is 9.90 Å². The van der Waals surface area contributed by atoms with Crippen molar-refractivity contribution in [1.29, 1.82) is 0 Å². The van der Waals surface area contributed by atoms with Gasteiger partial charge in [-0.05, 0) is 38.1 Å². The van der Waals surface area contributed by atoms with Crippen LogP contribution >= 0.6 is 0 Å². The highest BCUT2D eigenvalue weighted by molar-refractivity contribution is 5.97. The Balaban J connectivity index is 1.87. The molecule has 0 saturated heterocycles. The van der Waals surface area contributed by atoms with Crippen LogP contribution in [0.2, 0.25) is 0 Å². The molecular weight excluding hydrogens is 370 g/mol. The van der Waals surface area contributed by atoms with Gasteiger partial charge in [0.25, 0.3) is 5.91 Å². The summed E-state index contributed by atoms with van der Waals surface area (Å²) in [7, 11) is 0. The van der Waals surface area contributed by atoms with Crippen LogP contribution in [0.25, 0.3) is 28.3 Å². The molecule has 0 aliphatic rings. The highest BCUT2D eigenvalue weighted by Gasteiger charge is 2.21. The van der Waals surface area contributed by atoms with Crippen LogP contribution in [0.5, 0.6) is 0 Å². The Morgan fingerprint density at radius 3 is 2.86 bits per heavy atom. The highest BCUT2D eigenvalue weighted by Crippen LogP contribution is 2.30. The SMILES string of the molecule is Cc1cnc2ccc(-c3nc(C(=O)NCC(C)O)c(N)nc3-c3ccc[nH]3)cn12. The average molecular weight is 391 g/mol. The number of hydrogen-bond acceptors (Lipinski definition) is 6. The Labute approximate surface area is 166 Å². The summed E-state index contributed by atoms with van der Waals surface area (Å²) in [6.45, 7) is 3.63. The average Bonchev–Trinajstić information content (AvgIpc) is 3.36. The lowest BCUT2D eigenvalue weighted by atomic mass is 10.1. The number of aliphatic hydroxyl groups is 1. The fourth-order valence-electron chi connectivity index (χ4n) is 3.05. The molecule has 0 spiro atoms. The topological polar surface area (TPSA) is 134 Å². The van der Waals surface area contributed by atoms with E-state index < -0.39 is 12.0 Å². The van der Waals surface area contributed by atoms with Crippen LogP contribution in [0.3, 0.4) is 0 Å². The normalized spacial score (nSPS) is 12.2. The van der Waals surface area contributed by atoms with Gasteiger partial charge in [-0.1, -0.05) is 0 Å². The number of amides is 1. The van der Waals surface area contributed by atoms with Gasteiger partial charge in [-0.2, -0.15) is 0 Å². The second-order valence-corrected chi connectivity index (χ2v) is 6.84. The van der Waals surface area contributed by atoms with E-state index in [1.165, 1.54) is 0 Å². The number of carbonyl (C=O) groups is 1. The van der Waals surface area contributed by atoms with Crippen molar-refractivity contribution >= 4 is 17.4 Å². The van der Waals surface area contributed by atoms with E-state index in [4.69, 9.17) is 5.73 Å². The van der Waals surface area contributed by atoms with Gasteiger partial charge in [-0.25, -0.2) is 15.0 Å². The number of nitrogens with zero attached hydrogens (tertiary/aromatic N) is 4. The molecule has 0 fully saturated rings.